The number of anilines is 1. The molecule has 1 saturated heterocycles. The fourth-order valence-electron chi connectivity index (χ4n) is 2.84. The number of carbonyl (C=O) groups is 2. The Morgan fingerprint density at radius 2 is 1.92 bits per heavy atom. The number of likely N-dealkylation sites (tertiary alicyclic amines) is 1. The number of carbonyl (C=O) groups excluding carboxylic acids is 2. The van der Waals surface area contributed by atoms with Gasteiger partial charge in [-0.05, 0) is 43.5 Å². The number of halogens is 2. The molecular weight excluding hydrogens is 377 g/mol. The van der Waals surface area contributed by atoms with E-state index in [-0.39, 0.29) is 30.8 Å². The van der Waals surface area contributed by atoms with Gasteiger partial charge in [0, 0.05) is 18.8 Å². The summed E-state index contributed by atoms with van der Waals surface area (Å²) in [6.07, 6.45) is 4.55. The monoisotopic (exact) mass is 397 g/mol. The van der Waals surface area contributed by atoms with Gasteiger partial charge < -0.3 is 20.4 Å². The first kappa shape index (κ1) is 20.3. The fourth-order valence-corrected chi connectivity index (χ4v) is 3.11. The van der Waals surface area contributed by atoms with E-state index in [0.29, 0.717) is 27.6 Å². The number of nitrogens with zero attached hydrogens (tertiary/aromatic N) is 1. The van der Waals surface area contributed by atoms with Crippen molar-refractivity contribution in [2.24, 2.45) is 5.73 Å². The quantitative estimate of drug-likeness (QED) is 0.822. The number of rotatable bonds is 4. The molecule has 0 saturated carbocycles. The van der Waals surface area contributed by atoms with Crippen LogP contribution >= 0.6 is 24.0 Å². The van der Waals surface area contributed by atoms with E-state index in [0.717, 1.165) is 32.4 Å². The van der Waals surface area contributed by atoms with Crippen LogP contribution in [0.2, 0.25) is 5.02 Å². The zero-order chi connectivity index (χ0) is 17.8. The summed E-state index contributed by atoms with van der Waals surface area (Å²) in [4.78, 5) is 26.6. The molecule has 8 heteroatoms. The molecule has 2 aromatic rings. The molecule has 2 heterocycles. The molecule has 3 rings (SSSR count). The van der Waals surface area contributed by atoms with Gasteiger partial charge >= 0.3 is 0 Å². The van der Waals surface area contributed by atoms with Gasteiger partial charge in [-0.15, -0.1) is 12.4 Å². The predicted molar refractivity (Wildman–Crippen MR) is 103 cm³/mol. The lowest BCUT2D eigenvalue weighted by atomic mass is 10.1. The molecular formula is C18H21Cl2N3O3. The van der Waals surface area contributed by atoms with Crippen LogP contribution in [0.4, 0.5) is 5.69 Å². The van der Waals surface area contributed by atoms with E-state index in [2.05, 4.69) is 5.32 Å². The van der Waals surface area contributed by atoms with Crippen LogP contribution < -0.4 is 11.1 Å². The molecule has 0 radical (unpaired) electrons. The largest absolute Gasteiger partial charge is 0.467 e. The second kappa shape index (κ2) is 9.07. The maximum Gasteiger partial charge on any atom is 0.258 e. The minimum absolute atomic E-state index is 0. The SMILES string of the molecule is Cl.NCc1cc(C(=O)Nc2ccc(C(=O)N3CCCCC3)c(Cl)c2)co1. The van der Waals surface area contributed by atoms with E-state index in [9.17, 15) is 9.59 Å². The molecule has 0 aliphatic carbocycles. The standard InChI is InChI=1S/C18H20ClN3O3.ClH/c19-16-9-13(21-17(23)12-8-14(10-20)25-11-12)4-5-15(16)18(24)22-6-2-1-3-7-22;/h4-5,8-9,11H,1-3,6-7,10,20H2,(H,21,23);1H. The number of benzene rings is 1. The molecule has 1 aromatic heterocycles. The van der Waals surface area contributed by atoms with Gasteiger partial charge in [-0.2, -0.15) is 0 Å². The Balaban J connectivity index is 0.00000243. The number of nitrogens with one attached hydrogen (secondary N) is 1. The van der Waals surface area contributed by atoms with Crippen LogP contribution in [-0.4, -0.2) is 29.8 Å². The third-order valence-corrected chi connectivity index (χ3v) is 4.53. The molecule has 0 bridgehead atoms. The van der Waals surface area contributed by atoms with Crippen LogP contribution in [0.15, 0.2) is 34.9 Å². The van der Waals surface area contributed by atoms with Crippen molar-refractivity contribution in [1.29, 1.82) is 0 Å². The second-order valence-electron chi connectivity index (χ2n) is 6.01. The highest BCUT2D eigenvalue weighted by Gasteiger charge is 2.20. The normalized spacial score (nSPS) is 13.8. The van der Waals surface area contributed by atoms with Gasteiger partial charge in [0.05, 0.1) is 22.7 Å². The zero-order valence-corrected chi connectivity index (χ0v) is 15.7. The Labute approximate surface area is 163 Å². The van der Waals surface area contributed by atoms with Gasteiger partial charge in [0.15, 0.2) is 0 Å². The molecule has 0 unspecified atom stereocenters. The first-order chi connectivity index (χ1) is 12.1. The lowest BCUT2D eigenvalue weighted by Crippen LogP contribution is -2.35. The summed E-state index contributed by atoms with van der Waals surface area (Å²) in [5.41, 5.74) is 6.81. The van der Waals surface area contributed by atoms with Gasteiger partial charge in [0.25, 0.3) is 11.8 Å². The number of furan rings is 1. The summed E-state index contributed by atoms with van der Waals surface area (Å²) in [6.45, 7) is 1.75. The van der Waals surface area contributed by atoms with Crippen LogP contribution in [0.25, 0.3) is 0 Å². The van der Waals surface area contributed by atoms with Crippen molar-refractivity contribution in [2.75, 3.05) is 18.4 Å². The van der Waals surface area contributed by atoms with E-state index < -0.39 is 0 Å². The van der Waals surface area contributed by atoms with Crippen molar-refractivity contribution < 1.29 is 14.0 Å². The summed E-state index contributed by atoms with van der Waals surface area (Å²) in [6, 6.07) is 6.49. The molecule has 140 valence electrons. The molecule has 26 heavy (non-hydrogen) atoms. The number of hydrogen-bond donors (Lipinski definition) is 2. The lowest BCUT2D eigenvalue weighted by Gasteiger charge is -2.27. The van der Waals surface area contributed by atoms with E-state index in [1.54, 1.807) is 24.3 Å². The highest BCUT2D eigenvalue weighted by atomic mass is 35.5. The Morgan fingerprint density at radius 1 is 1.19 bits per heavy atom. The molecule has 3 N–H and O–H groups in total. The third-order valence-electron chi connectivity index (χ3n) is 4.22. The average molecular weight is 398 g/mol. The number of piperidine rings is 1. The van der Waals surface area contributed by atoms with Crippen molar-refractivity contribution in [1.82, 2.24) is 4.90 Å². The van der Waals surface area contributed by atoms with Gasteiger partial charge in [-0.25, -0.2) is 0 Å². The summed E-state index contributed by atoms with van der Waals surface area (Å²) >= 11 is 6.27. The average Bonchev–Trinajstić information content (AvgIpc) is 3.11. The van der Waals surface area contributed by atoms with E-state index in [1.807, 2.05) is 4.90 Å². The van der Waals surface area contributed by atoms with Crippen LogP contribution in [-0.2, 0) is 6.54 Å². The fraction of sp³-hybridized carbons (Fsp3) is 0.333. The lowest BCUT2D eigenvalue weighted by molar-refractivity contribution is 0.0724. The van der Waals surface area contributed by atoms with Gasteiger partial charge in [-0.3, -0.25) is 9.59 Å². The Bertz CT molecular complexity index is 786. The highest BCUT2D eigenvalue weighted by Crippen LogP contribution is 2.24. The zero-order valence-electron chi connectivity index (χ0n) is 14.2. The molecule has 1 fully saturated rings. The number of hydrogen-bond acceptors (Lipinski definition) is 4. The van der Waals surface area contributed by atoms with Crippen molar-refractivity contribution in [3.8, 4) is 0 Å². The number of nitrogens with two attached hydrogens (primary N) is 1. The molecule has 1 aliphatic heterocycles. The second-order valence-corrected chi connectivity index (χ2v) is 6.41. The number of amides is 2. The van der Waals surface area contributed by atoms with Crippen molar-refractivity contribution in [2.45, 2.75) is 25.8 Å². The predicted octanol–water partition coefficient (Wildman–Crippen LogP) is 3.69. The van der Waals surface area contributed by atoms with Crippen LogP contribution in [0.3, 0.4) is 0 Å². The van der Waals surface area contributed by atoms with Crippen LogP contribution in [0.1, 0.15) is 45.7 Å². The topological polar surface area (TPSA) is 88.6 Å². The van der Waals surface area contributed by atoms with Crippen LogP contribution in [0.5, 0.6) is 0 Å². The molecule has 1 aliphatic rings. The van der Waals surface area contributed by atoms with Crippen molar-refractivity contribution in [3.63, 3.8) is 0 Å². The minimum Gasteiger partial charge on any atom is -0.467 e. The first-order valence-electron chi connectivity index (χ1n) is 8.26. The van der Waals surface area contributed by atoms with Crippen molar-refractivity contribution in [3.05, 3.63) is 52.4 Å². The summed E-state index contributed by atoms with van der Waals surface area (Å²) in [5.74, 6) is 0.144. The van der Waals surface area contributed by atoms with Crippen LogP contribution in [0, 0.1) is 0 Å². The van der Waals surface area contributed by atoms with E-state index >= 15 is 0 Å². The smallest absolute Gasteiger partial charge is 0.258 e. The first-order valence-corrected chi connectivity index (χ1v) is 8.64. The Kier molecular flexibility index (Phi) is 7.08. The summed E-state index contributed by atoms with van der Waals surface area (Å²) in [5, 5.41) is 3.06. The Hall–Kier alpha value is -2.02. The van der Waals surface area contributed by atoms with Gasteiger partial charge in [-0.1, -0.05) is 11.6 Å². The molecule has 0 spiro atoms. The van der Waals surface area contributed by atoms with E-state index in [1.165, 1.54) is 6.26 Å². The highest BCUT2D eigenvalue weighted by molar-refractivity contribution is 6.34. The van der Waals surface area contributed by atoms with Gasteiger partial charge in [0.2, 0.25) is 0 Å². The molecule has 6 nitrogen and oxygen atoms in total. The maximum absolute atomic E-state index is 12.5. The van der Waals surface area contributed by atoms with E-state index in [4.69, 9.17) is 21.8 Å². The molecule has 0 atom stereocenters. The molecule has 1 aromatic carbocycles. The van der Waals surface area contributed by atoms with Gasteiger partial charge in [0.1, 0.15) is 12.0 Å². The maximum atomic E-state index is 12.5. The minimum atomic E-state index is -0.324. The summed E-state index contributed by atoms with van der Waals surface area (Å²) in [7, 11) is 0. The Morgan fingerprint density at radius 3 is 2.54 bits per heavy atom. The third kappa shape index (κ3) is 4.58. The molecule has 2 amide bonds. The van der Waals surface area contributed by atoms with Crippen molar-refractivity contribution >= 4 is 41.5 Å². The summed E-state index contributed by atoms with van der Waals surface area (Å²) < 4.78 is 5.15.